The van der Waals surface area contributed by atoms with Gasteiger partial charge in [-0.2, -0.15) is 0 Å². The number of rotatable bonds is 6. The van der Waals surface area contributed by atoms with Gasteiger partial charge in [-0.15, -0.1) is 0 Å². The van der Waals surface area contributed by atoms with Gasteiger partial charge < -0.3 is 16.0 Å². The number of aliphatic imine (C=N–C) groups is 1. The number of benzene rings is 1. The molecule has 1 aromatic carbocycles. The molecule has 0 radical (unpaired) electrons. The lowest BCUT2D eigenvalue weighted by Crippen LogP contribution is -2.40. The van der Waals surface area contributed by atoms with Crippen LogP contribution in [0.3, 0.4) is 0 Å². The van der Waals surface area contributed by atoms with Crippen LogP contribution in [0.15, 0.2) is 23.2 Å². The minimum absolute atomic E-state index is 0.00173. The van der Waals surface area contributed by atoms with Crippen molar-refractivity contribution >= 4 is 17.9 Å². The Kier molecular flexibility index (Phi) is 6.26. The number of imide groups is 1. The van der Waals surface area contributed by atoms with E-state index in [0.717, 1.165) is 11.0 Å². The molecule has 3 N–H and O–H groups in total. The number of halogens is 2. The monoisotopic (exact) mass is 353 g/mol. The second-order valence-corrected chi connectivity index (χ2v) is 5.50. The van der Waals surface area contributed by atoms with Crippen LogP contribution in [0.5, 0.6) is 0 Å². The minimum Gasteiger partial charge on any atom is -0.357 e. The molecule has 0 spiro atoms. The highest BCUT2D eigenvalue weighted by Gasteiger charge is 2.27. The van der Waals surface area contributed by atoms with Crippen LogP contribution in [0.4, 0.5) is 13.6 Å². The fourth-order valence-corrected chi connectivity index (χ4v) is 2.40. The quantitative estimate of drug-likeness (QED) is 0.407. The van der Waals surface area contributed by atoms with E-state index in [4.69, 9.17) is 0 Å². The second kappa shape index (κ2) is 8.41. The van der Waals surface area contributed by atoms with Crippen molar-refractivity contribution in [1.82, 2.24) is 20.9 Å². The van der Waals surface area contributed by atoms with E-state index in [2.05, 4.69) is 20.9 Å². The highest BCUT2D eigenvalue weighted by atomic mass is 19.1. The zero-order chi connectivity index (χ0) is 18.4. The van der Waals surface area contributed by atoms with Gasteiger partial charge in [0.25, 0.3) is 0 Å². The zero-order valence-electron chi connectivity index (χ0n) is 14.1. The van der Waals surface area contributed by atoms with Crippen LogP contribution < -0.4 is 16.0 Å². The summed E-state index contributed by atoms with van der Waals surface area (Å²) in [5.74, 6) is -1.16. The molecule has 25 heavy (non-hydrogen) atoms. The van der Waals surface area contributed by atoms with Crippen LogP contribution in [0.25, 0.3) is 0 Å². The van der Waals surface area contributed by atoms with Gasteiger partial charge in [0.15, 0.2) is 5.96 Å². The number of carbonyl (C=O) groups is 2. The van der Waals surface area contributed by atoms with Crippen LogP contribution in [-0.4, -0.2) is 49.0 Å². The molecule has 1 aliphatic rings. The molecule has 0 aliphatic carbocycles. The Labute approximate surface area is 144 Å². The van der Waals surface area contributed by atoms with E-state index < -0.39 is 23.7 Å². The Balaban J connectivity index is 1.99. The third-order valence-corrected chi connectivity index (χ3v) is 3.66. The van der Waals surface area contributed by atoms with Crippen molar-refractivity contribution in [3.05, 3.63) is 35.4 Å². The van der Waals surface area contributed by atoms with Gasteiger partial charge in [0.05, 0.1) is 25.7 Å². The summed E-state index contributed by atoms with van der Waals surface area (Å²) in [5, 5.41) is 8.45. The van der Waals surface area contributed by atoms with Crippen molar-refractivity contribution in [2.45, 2.75) is 19.9 Å². The maximum Gasteiger partial charge on any atom is 0.324 e. The molecule has 1 aromatic rings. The van der Waals surface area contributed by atoms with Gasteiger partial charge in [0, 0.05) is 18.2 Å². The van der Waals surface area contributed by atoms with Gasteiger partial charge in [-0.05, 0) is 19.9 Å². The second-order valence-electron chi connectivity index (χ2n) is 5.50. The van der Waals surface area contributed by atoms with E-state index >= 15 is 0 Å². The first-order valence-electron chi connectivity index (χ1n) is 8.00. The Bertz CT molecular complexity index is 664. The lowest BCUT2D eigenvalue weighted by atomic mass is 10.1. The molecule has 9 heteroatoms. The summed E-state index contributed by atoms with van der Waals surface area (Å²) in [7, 11) is 0. The zero-order valence-corrected chi connectivity index (χ0v) is 14.1. The number of nitrogens with zero attached hydrogens (tertiary/aromatic N) is 2. The van der Waals surface area contributed by atoms with E-state index in [-0.39, 0.29) is 25.5 Å². The van der Waals surface area contributed by atoms with E-state index in [9.17, 15) is 18.4 Å². The van der Waals surface area contributed by atoms with Crippen LogP contribution in [0, 0.1) is 11.6 Å². The van der Waals surface area contributed by atoms with Crippen molar-refractivity contribution in [3.63, 3.8) is 0 Å². The largest absolute Gasteiger partial charge is 0.357 e. The number of hydrogen-bond donors (Lipinski definition) is 3. The number of urea groups is 1. The van der Waals surface area contributed by atoms with Crippen molar-refractivity contribution in [2.75, 3.05) is 26.2 Å². The summed E-state index contributed by atoms with van der Waals surface area (Å²) in [5.41, 5.74) is 0.307. The minimum atomic E-state index is -0.643. The van der Waals surface area contributed by atoms with Gasteiger partial charge in [-0.3, -0.25) is 14.7 Å². The first-order chi connectivity index (χ1) is 11.9. The third-order valence-electron chi connectivity index (χ3n) is 3.66. The molecule has 0 saturated carbocycles. The molecule has 136 valence electrons. The van der Waals surface area contributed by atoms with Crippen molar-refractivity contribution in [3.8, 4) is 0 Å². The summed E-state index contributed by atoms with van der Waals surface area (Å²) >= 11 is 0. The molecule has 1 aliphatic heterocycles. The maximum atomic E-state index is 13.9. The van der Waals surface area contributed by atoms with E-state index in [1.165, 1.54) is 12.1 Å². The van der Waals surface area contributed by atoms with Crippen molar-refractivity contribution in [2.24, 2.45) is 4.99 Å². The first kappa shape index (κ1) is 18.6. The predicted molar refractivity (Wildman–Crippen MR) is 89.0 cm³/mol. The summed E-state index contributed by atoms with van der Waals surface area (Å²) in [4.78, 5) is 28.3. The molecular formula is C16H21F2N5O2. The Morgan fingerprint density at radius 3 is 2.76 bits per heavy atom. The Hall–Kier alpha value is -2.71. The molecule has 1 atom stereocenters. The normalized spacial score (nSPS) is 16.0. The molecule has 7 nitrogen and oxygen atoms in total. The van der Waals surface area contributed by atoms with E-state index in [0.29, 0.717) is 18.1 Å². The van der Waals surface area contributed by atoms with E-state index in [1.807, 2.05) is 6.92 Å². The van der Waals surface area contributed by atoms with Gasteiger partial charge in [-0.1, -0.05) is 6.07 Å². The van der Waals surface area contributed by atoms with Crippen molar-refractivity contribution < 1.29 is 18.4 Å². The molecule has 1 fully saturated rings. The Morgan fingerprint density at radius 1 is 1.40 bits per heavy atom. The molecule has 1 saturated heterocycles. The molecule has 3 amide bonds. The number of amides is 3. The summed E-state index contributed by atoms with van der Waals surface area (Å²) in [6.07, 6.45) is 0. The van der Waals surface area contributed by atoms with E-state index in [1.54, 1.807) is 6.92 Å². The average Bonchev–Trinajstić information content (AvgIpc) is 2.86. The number of nitrogens with one attached hydrogen (secondary N) is 3. The summed E-state index contributed by atoms with van der Waals surface area (Å²) in [6.45, 7) is 4.53. The Morgan fingerprint density at radius 2 is 2.16 bits per heavy atom. The fraction of sp³-hybridized carbons (Fsp3) is 0.438. The van der Waals surface area contributed by atoms with Crippen LogP contribution in [0.2, 0.25) is 0 Å². The molecule has 1 heterocycles. The SMILES string of the molecule is CCNC(=NCCN1C(=O)CNC1=O)NC(C)c1ccc(F)cc1F. The first-order valence-corrected chi connectivity index (χ1v) is 8.00. The molecule has 2 rings (SSSR count). The number of carbonyl (C=O) groups excluding carboxylic acids is 2. The smallest absolute Gasteiger partial charge is 0.324 e. The predicted octanol–water partition coefficient (Wildman–Crippen LogP) is 1.13. The average molecular weight is 353 g/mol. The van der Waals surface area contributed by atoms with Crippen LogP contribution >= 0.6 is 0 Å². The molecule has 0 bridgehead atoms. The lowest BCUT2D eigenvalue weighted by Gasteiger charge is -2.19. The van der Waals surface area contributed by atoms with Gasteiger partial charge in [-0.25, -0.2) is 13.6 Å². The highest BCUT2D eigenvalue weighted by Crippen LogP contribution is 2.17. The fourth-order valence-electron chi connectivity index (χ4n) is 2.40. The standard InChI is InChI=1S/C16H21F2N5O2/c1-3-19-15(20-6-7-23-14(24)9-21-16(23)25)22-10(2)12-5-4-11(17)8-13(12)18/h4-5,8,10H,3,6-7,9H2,1-2H3,(H,21,25)(H2,19,20,22). The molecular weight excluding hydrogens is 332 g/mol. The number of guanidine groups is 1. The van der Waals surface area contributed by atoms with Crippen LogP contribution in [-0.2, 0) is 4.79 Å². The van der Waals surface area contributed by atoms with Gasteiger partial charge >= 0.3 is 6.03 Å². The summed E-state index contributed by atoms with van der Waals surface area (Å²) in [6, 6.07) is 2.52. The summed E-state index contributed by atoms with van der Waals surface area (Å²) < 4.78 is 26.9. The third kappa shape index (κ3) is 4.88. The van der Waals surface area contributed by atoms with Crippen LogP contribution in [0.1, 0.15) is 25.5 Å². The topological polar surface area (TPSA) is 85.8 Å². The highest BCUT2D eigenvalue weighted by molar-refractivity contribution is 6.01. The van der Waals surface area contributed by atoms with Crippen molar-refractivity contribution in [1.29, 1.82) is 0 Å². The maximum absolute atomic E-state index is 13.9. The molecule has 1 unspecified atom stereocenters. The number of hydrogen-bond acceptors (Lipinski definition) is 3. The van der Waals surface area contributed by atoms with Gasteiger partial charge in [0.2, 0.25) is 5.91 Å². The molecule has 0 aromatic heterocycles. The lowest BCUT2D eigenvalue weighted by molar-refractivity contribution is -0.124. The van der Waals surface area contributed by atoms with Gasteiger partial charge in [0.1, 0.15) is 11.6 Å².